The van der Waals surface area contributed by atoms with Crippen molar-refractivity contribution in [2.24, 2.45) is 0 Å². The molecule has 0 atom stereocenters. The number of nitrogens with zero attached hydrogens (tertiary/aromatic N) is 2. The molecule has 0 spiro atoms. The maximum atomic E-state index is 11.2. The van der Waals surface area contributed by atoms with Gasteiger partial charge < -0.3 is 15.7 Å². The molecule has 7 heteroatoms. The van der Waals surface area contributed by atoms with Gasteiger partial charge in [-0.2, -0.15) is 0 Å². The lowest BCUT2D eigenvalue weighted by molar-refractivity contribution is 1.15. The number of hydrogen-bond donors (Lipinski definition) is 3. The third kappa shape index (κ3) is 1.12. The van der Waals surface area contributed by atoms with Crippen molar-refractivity contribution < 1.29 is 0 Å². The smallest absolute Gasteiger partial charge is 0.323 e. The first kappa shape index (κ1) is 9.22. The first-order valence-electron chi connectivity index (χ1n) is 4.66. The first-order valence-corrected chi connectivity index (χ1v) is 5.54. The van der Waals surface area contributed by atoms with Crippen molar-refractivity contribution in [3.63, 3.8) is 0 Å². The number of nitrogen functional groups attached to an aromatic ring is 1. The molecule has 0 aliphatic carbocycles. The summed E-state index contributed by atoms with van der Waals surface area (Å²) in [6.07, 6.45) is 1.65. The van der Waals surface area contributed by atoms with Crippen LogP contribution >= 0.6 is 11.3 Å². The highest BCUT2D eigenvalue weighted by molar-refractivity contribution is 7.16. The lowest BCUT2D eigenvalue weighted by atomic mass is 10.3. The zero-order valence-electron chi connectivity index (χ0n) is 8.44. The third-order valence-corrected chi connectivity index (χ3v) is 3.43. The highest BCUT2D eigenvalue weighted by atomic mass is 32.1. The predicted molar refractivity (Wildman–Crippen MR) is 62.6 cm³/mol. The SMILES string of the molecule is Cc1[nH]c(=O)[nH]c1-c1csc2c(N)ncn12. The molecule has 0 bridgehead atoms. The van der Waals surface area contributed by atoms with Crippen LogP contribution in [0, 0.1) is 6.92 Å². The van der Waals surface area contributed by atoms with Gasteiger partial charge in [0.15, 0.2) is 5.82 Å². The average Bonchev–Trinajstić information content (AvgIpc) is 2.85. The molecular formula is C9H9N5OS. The molecule has 0 radical (unpaired) electrons. The molecule has 3 heterocycles. The van der Waals surface area contributed by atoms with Crippen molar-refractivity contribution in [1.29, 1.82) is 0 Å². The molecule has 0 saturated carbocycles. The number of imidazole rings is 2. The number of aromatic amines is 2. The molecule has 3 aromatic heterocycles. The van der Waals surface area contributed by atoms with Gasteiger partial charge in [0.05, 0.1) is 11.4 Å². The van der Waals surface area contributed by atoms with Gasteiger partial charge in [-0.15, -0.1) is 11.3 Å². The average molecular weight is 235 g/mol. The van der Waals surface area contributed by atoms with Gasteiger partial charge in [-0.1, -0.05) is 0 Å². The molecule has 0 fully saturated rings. The van der Waals surface area contributed by atoms with Crippen molar-refractivity contribution in [2.45, 2.75) is 6.92 Å². The maximum absolute atomic E-state index is 11.2. The minimum Gasteiger partial charge on any atom is -0.381 e. The Balaban J connectivity index is 2.34. The molecule has 0 aromatic carbocycles. The summed E-state index contributed by atoms with van der Waals surface area (Å²) < 4.78 is 1.87. The first-order chi connectivity index (χ1) is 7.66. The maximum Gasteiger partial charge on any atom is 0.323 e. The lowest BCUT2D eigenvalue weighted by Crippen LogP contribution is -2.00. The summed E-state index contributed by atoms with van der Waals surface area (Å²) in [6, 6.07) is 0. The van der Waals surface area contributed by atoms with Gasteiger partial charge in [-0.05, 0) is 6.92 Å². The Morgan fingerprint density at radius 3 is 3.00 bits per heavy atom. The summed E-state index contributed by atoms with van der Waals surface area (Å²) in [4.78, 5) is 21.6. The Bertz CT molecular complexity index is 716. The number of hydrogen-bond acceptors (Lipinski definition) is 4. The normalized spacial score (nSPS) is 11.3. The van der Waals surface area contributed by atoms with Crippen molar-refractivity contribution in [2.75, 3.05) is 5.73 Å². The van der Waals surface area contributed by atoms with E-state index in [1.165, 1.54) is 11.3 Å². The standard InChI is InChI=1S/C9H9N5OS/c1-4-6(13-9(15)12-4)5-2-16-8-7(10)11-3-14(5)8/h2-3H,10H2,1H3,(H2,12,13,15). The van der Waals surface area contributed by atoms with Crippen LogP contribution in [0.25, 0.3) is 16.2 Å². The monoisotopic (exact) mass is 235 g/mol. The molecule has 0 saturated heterocycles. The van der Waals surface area contributed by atoms with E-state index in [2.05, 4.69) is 15.0 Å². The quantitative estimate of drug-likeness (QED) is 0.586. The van der Waals surface area contributed by atoms with Gasteiger partial charge in [-0.25, -0.2) is 9.78 Å². The van der Waals surface area contributed by atoms with Crippen molar-refractivity contribution >= 4 is 22.0 Å². The number of nitrogens with two attached hydrogens (primary N) is 1. The number of H-pyrrole nitrogens is 2. The molecule has 82 valence electrons. The van der Waals surface area contributed by atoms with Gasteiger partial charge >= 0.3 is 5.69 Å². The van der Waals surface area contributed by atoms with Crippen LogP contribution in [0.4, 0.5) is 5.82 Å². The van der Waals surface area contributed by atoms with Crippen LogP contribution in [0.1, 0.15) is 5.69 Å². The van der Waals surface area contributed by atoms with E-state index in [1.807, 2.05) is 16.7 Å². The van der Waals surface area contributed by atoms with Crippen molar-refractivity contribution in [3.05, 3.63) is 27.9 Å². The van der Waals surface area contributed by atoms with Gasteiger partial charge in [0.2, 0.25) is 0 Å². The van der Waals surface area contributed by atoms with Crippen LogP contribution in [0.2, 0.25) is 0 Å². The molecule has 0 aliphatic rings. The molecule has 16 heavy (non-hydrogen) atoms. The highest BCUT2D eigenvalue weighted by Crippen LogP contribution is 2.28. The molecular weight excluding hydrogens is 226 g/mol. The summed E-state index contributed by atoms with van der Waals surface area (Å²) in [5.74, 6) is 0.506. The Morgan fingerprint density at radius 2 is 2.31 bits per heavy atom. The van der Waals surface area contributed by atoms with Crippen LogP contribution < -0.4 is 11.4 Å². The van der Waals surface area contributed by atoms with E-state index in [9.17, 15) is 4.79 Å². The molecule has 6 nitrogen and oxygen atoms in total. The lowest BCUT2D eigenvalue weighted by Gasteiger charge is -1.96. The molecule has 3 aromatic rings. The van der Waals surface area contributed by atoms with Crippen LogP contribution in [0.15, 0.2) is 16.5 Å². The predicted octanol–water partition coefficient (Wildman–Crippen LogP) is 0.970. The summed E-state index contributed by atoms with van der Waals surface area (Å²) in [6.45, 7) is 1.84. The van der Waals surface area contributed by atoms with Crippen LogP contribution in [0.5, 0.6) is 0 Å². The van der Waals surface area contributed by atoms with E-state index in [4.69, 9.17) is 5.73 Å². The Kier molecular flexibility index (Phi) is 1.72. The molecule has 3 rings (SSSR count). The number of aryl methyl sites for hydroxylation is 1. The minimum absolute atomic E-state index is 0.208. The minimum atomic E-state index is -0.208. The third-order valence-electron chi connectivity index (χ3n) is 2.46. The van der Waals surface area contributed by atoms with Gasteiger partial charge in [0, 0.05) is 11.1 Å². The number of fused-ring (bicyclic) bond motifs is 1. The zero-order valence-corrected chi connectivity index (χ0v) is 9.26. The van der Waals surface area contributed by atoms with E-state index < -0.39 is 0 Å². The summed E-state index contributed by atoms with van der Waals surface area (Å²) >= 11 is 1.50. The zero-order chi connectivity index (χ0) is 11.3. The number of anilines is 1. The fourth-order valence-electron chi connectivity index (χ4n) is 1.72. The van der Waals surface area contributed by atoms with Gasteiger partial charge in [0.25, 0.3) is 0 Å². The van der Waals surface area contributed by atoms with E-state index in [1.54, 1.807) is 6.33 Å². The Labute approximate surface area is 93.8 Å². The van der Waals surface area contributed by atoms with Crippen LogP contribution in [-0.4, -0.2) is 19.4 Å². The Hall–Kier alpha value is -2.02. The van der Waals surface area contributed by atoms with E-state index in [0.29, 0.717) is 5.82 Å². The topological polar surface area (TPSA) is 92.0 Å². The summed E-state index contributed by atoms with van der Waals surface area (Å²) in [5.41, 5.74) is 7.96. The van der Waals surface area contributed by atoms with Crippen LogP contribution in [-0.2, 0) is 0 Å². The van der Waals surface area contributed by atoms with Crippen LogP contribution in [0.3, 0.4) is 0 Å². The number of rotatable bonds is 1. The molecule has 0 aliphatic heterocycles. The fourth-order valence-corrected chi connectivity index (χ4v) is 2.60. The second-order valence-electron chi connectivity index (χ2n) is 3.51. The van der Waals surface area contributed by atoms with E-state index in [0.717, 1.165) is 21.9 Å². The van der Waals surface area contributed by atoms with E-state index >= 15 is 0 Å². The molecule has 0 amide bonds. The van der Waals surface area contributed by atoms with E-state index in [-0.39, 0.29) is 5.69 Å². The fraction of sp³-hybridized carbons (Fsp3) is 0.111. The summed E-state index contributed by atoms with van der Waals surface area (Å²) in [5, 5.41) is 1.94. The highest BCUT2D eigenvalue weighted by Gasteiger charge is 2.13. The second kappa shape index (κ2) is 2.99. The van der Waals surface area contributed by atoms with Crippen molar-refractivity contribution in [1.82, 2.24) is 19.4 Å². The number of aromatic nitrogens is 4. The molecule has 0 unspecified atom stereocenters. The van der Waals surface area contributed by atoms with Crippen molar-refractivity contribution in [3.8, 4) is 11.4 Å². The number of thiazole rings is 1. The largest absolute Gasteiger partial charge is 0.381 e. The molecule has 4 N–H and O–H groups in total. The second-order valence-corrected chi connectivity index (χ2v) is 4.36. The van der Waals surface area contributed by atoms with Gasteiger partial charge in [0.1, 0.15) is 11.2 Å². The number of nitrogens with one attached hydrogen (secondary N) is 2. The Morgan fingerprint density at radius 1 is 1.50 bits per heavy atom. The van der Waals surface area contributed by atoms with Gasteiger partial charge in [-0.3, -0.25) is 4.40 Å². The summed E-state index contributed by atoms with van der Waals surface area (Å²) in [7, 11) is 0.